The van der Waals surface area contributed by atoms with Gasteiger partial charge in [0.15, 0.2) is 5.69 Å². The number of benzene rings is 1. The second-order valence-corrected chi connectivity index (χ2v) is 9.03. The first kappa shape index (κ1) is 26.0. The Bertz CT molecular complexity index is 756. The van der Waals surface area contributed by atoms with Crippen LogP contribution >= 0.6 is 0 Å². The van der Waals surface area contributed by atoms with E-state index < -0.39 is 5.97 Å². The van der Waals surface area contributed by atoms with Crippen LogP contribution < -0.4 is 0 Å². The number of ether oxygens (including phenoxy) is 1. The van der Waals surface area contributed by atoms with Gasteiger partial charge in [0.05, 0.1) is 24.7 Å². The Balaban J connectivity index is 1.68. The lowest BCUT2D eigenvalue weighted by Crippen LogP contribution is -2.13. The molecule has 0 fully saturated rings. The summed E-state index contributed by atoms with van der Waals surface area (Å²) in [7, 11) is 0. The number of hydrogen-bond donors (Lipinski definition) is 0. The van der Waals surface area contributed by atoms with Gasteiger partial charge in [0, 0.05) is 5.56 Å². The van der Waals surface area contributed by atoms with Crippen molar-refractivity contribution in [3.63, 3.8) is 0 Å². The van der Waals surface area contributed by atoms with Gasteiger partial charge in [-0.1, -0.05) is 109 Å². The van der Waals surface area contributed by atoms with Crippen LogP contribution in [0.25, 0.3) is 11.3 Å². The van der Waals surface area contributed by atoms with E-state index in [0.717, 1.165) is 24.1 Å². The largest absolute Gasteiger partial charge is 0.461 e. The molecule has 4 nitrogen and oxygen atoms in total. The Morgan fingerprint density at radius 1 is 0.844 bits per heavy atom. The summed E-state index contributed by atoms with van der Waals surface area (Å²) in [5.74, 6) is -0.0544. The van der Waals surface area contributed by atoms with Crippen molar-refractivity contribution in [1.82, 2.24) is 9.97 Å². The summed E-state index contributed by atoms with van der Waals surface area (Å²) in [6.07, 6.45) is 18.9. The van der Waals surface area contributed by atoms with Crippen molar-refractivity contribution in [1.29, 1.82) is 0 Å². The molecular formula is C28H42N2O2. The average Bonchev–Trinajstić information content (AvgIpc) is 2.84. The fourth-order valence-corrected chi connectivity index (χ4v) is 3.65. The first-order valence-corrected chi connectivity index (χ1v) is 12.7. The number of aryl methyl sites for hydroxylation is 1. The Morgan fingerprint density at radius 2 is 1.47 bits per heavy atom. The van der Waals surface area contributed by atoms with Crippen molar-refractivity contribution in [2.75, 3.05) is 6.61 Å². The van der Waals surface area contributed by atoms with E-state index in [1.807, 2.05) is 0 Å². The van der Waals surface area contributed by atoms with Crippen molar-refractivity contribution in [2.24, 2.45) is 5.92 Å². The highest BCUT2D eigenvalue weighted by Crippen LogP contribution is 2.19. The number of carbonyl (C=O) groups is 1. The lowest BCUT2D eigenvalue weighted by molar-refractivity contribution is 0.0439. The van der Waals surface area contributed by atoms with Crippen LogP contribution in [0.3, 0.4) is 0 Å². The van der Waals surface area contributed by atoms with Gasteiger partial charge in [-0.05, 0) is 24.3 Å². The quantitative estimate of drug-likeness (QED) is 0.198. The van der Waals surface area contributed by atoms with Gasteiger partial charge in [0.1, 0.15) is 0 Å². The molecule has 32 heavy (non-hydrogen) atoms. The number of carbonyl (C=O) groups excluding carboxylic acids is 1. The van der Waals surface area contributed by atoms with Crippen molar-refractivity contribution in [3.05, 3.63) is 47.9 Å². The van der Waals surface area contributed by atoms with Crippen LogP contribution in [0.5, 0.6) is 0 Å². The molecule has 1 aromatic heterocycles. The Kier molecular flexibility index (Phi) is 12.6. The van der Waals surface area contributed by atoms with Crippen molar-refractivity contribution >= 4 is 5.97 Å². The molecule has 1 heterocycles. The van der Waals surface area contributed by atoms with Gasteiger partial charge in [-0.3, -0.25) is 4.98 Å². The number of rotatable bonds is 16. The minimum atomic E-state index is -0.406. The van der Waals surface area contributed by atoms with Crippen LogP contribution in [0, 0.1) is 5.92 Å². The summed E-state index contributed by atoms with van der Waals surface area (Å²) in [5.41, 5.74) is 3.42. The van der Waals surface area contributed by atoms with E-state index in [-0.39, 0.29) is 5.69 Å². The van der Waals surface area contributed by atoms with E-state index in [9.17, 15) is 4.79 Å². The molecule has 0 spiro atoms. The molecule has 0 aliphatic carbocycles. The standard InChI is InChI=1S/C28H42N2O2/c1-4-6-7-8-9-10-11-12-13-14-15-24-16-18-25(19-17-24)26-20-30-27(21-29-26)28(31)32-22-23(3)5-2/h16-21,23H,4-15,22H2,1-3H3. The molecule has 2 aromatic rings. The molecule has 1 unspecified atom stereocenters. The molecule has 1 aromatic carbocycles. The summed E-state index contributed by atoms with van der Waals surface area (Å²) >= 11 is 0. The van der Waals surface area contributed by atoms with Gasteiger partial charge >= 0.3 is 5.97 Å². The number of esters is 1. The van der Waals surface area contributed by atoms with Gasteiger partial charge in [-0.25, -0.2) is 9.78 Å². The van der Waals surface area contributed by atoms with Gasteiger partial charge in [0.2, 0.25) is 0 Å². The Morgan fingerprint density at radius 3 is 2.03 bits per heavy atom. The second-order valence-electron chi connectivity index (χ2n) is 9.03. The summed E-state index contributed by atoms with van der Waals surface area (Å²) in [6.45, 7) is 6.82. The van der Waals surface area contributed by atoms with Gasteiger partial charge < -0.3 is 4.74 Å². The lowest BCUT2D eigenvalue weighted by atomic mass is 10.0. The smallest absolute Gasteiger partial charge is 0.358 e. The van der Waals surface area contributed by atoms with Crippen LogP contribution in [0.1, 0.15) is 107 Å². The predicted molar refractivity (Wildman–Crippen MR) is 133 cm³/mol. The summed E-state index contributed by atoms with van der Waals surface area (Å²) in [4.78, 5) is 20.7. The molecule has 0 aliphatic rings. The number of aromatic nitrogens is 2. The molecule has 1 atom stereocenters. The molecule has 0 aliphatic heterocycles. The molecule has 0 amide bonds. The second kappa shape index (κ2) is 15.6. The van der Waals surface area contributed by atoms with Crippen LogP contribution in [0.4, 0.5) is 0 Å². The predicted octanol–water partition coefficient (Wildman–Crippen LogP) is 7.81. The first-order valence-electron chi connectivity index (χ1n) is 12.7. The van der Waals surface area contributed by atoms with Crippen LogP contribution in [0.2, 0.25) is 0 Å². The van der Waals surface area contributed by atoms with Crippen molar-refractivity contribution in [2.45, 2.75) is 97.8 Å². The number of unbranched alkanes of at least 4 members (excludes halogenated alkanes) is 9. The highest BCUT2D eigenvalue weighted by Gasteiger charge is 2.12. The summed E-state index contributed by atoms with van der Waals surface area (Å²) in [5, 5.41) is 0. The summed E-state index contributed by atoms with van der Waals surface area (Å²) < 4.78 is 5.29. The van der Waals surface area contributed by atoms with E-state index in [2.05, 4.69) is 55.0 Å². The first-order chi connectivity index (χ1) is 15.6. The molecule has 0 N–H and O–H groups in total. The SMILES string of the molecule is CCCCCCCCCCCCc1ccc(-c2cnc(C(=O)OCC(C)CC)cn2)cc1. The average molecular weight is 439 g/mol. The number of nitrogens with zero attached hydrogens (tertiary/aromatic N) is 2. The van der Waals surface area contributed by atoms with Gasteiger partial charge in [0.25, 0.3) is 0 Å². The topological polar surface area (TPSA) is 52.1 Å². The van der Waals surface area contributed by atoms with Crippen LogP contribution in [-0.2, 0) is 11.2 Å². The zero-order valence-electron chi connectivity index (χ0n) is 20.4. The molecule has 2 rings (SSSR count). The van der Waals surface area contributed by atoms with E-state index >= 15 is 0 Å². The van der Waals surface area contributed by atoms with E-state index in [1.54, 1.807) is 6.20 Å². The zero-order valence-corrected chi connectivity index (χ0v) is 20.4. The molecule has 0 saturated heterocycles. The summed E-state index contributed by atoms with van der Waals surface area (Å²) in [6, 6.07) is 8.55. The zero-order chi connectivity index (χ0) is 23.0. The third-order valence-electron chi connectivity index (χ3n) is 6.13. The lowest BCUT2D eigenvalue weighted by Gasteiger charge is -2.09. The van der Waals surface area contributed by atoms with E-state index in [0.29, 0.717) is 12.5 Å². The van der Waals surface area contributed by atoms with Gasteiger partial charge in [-0.2, -0.15) is 0 Å². The van der Waals surface area contributed by atoms with Crippen LogP contribution in [0.15, 0.2) is 36.7 Å². The Hall–Kier alpha value is -2.23. The fraction of sp³-hybridized carbons (Fsp3) is 0.607. The van der Waals surface area contributed by atoms with E-state index in [1.165, 1.54) is 76.0 Å². The van der Waals surface area contributed by atoms with Gasteiger partial charge in [-0.15, -0.1) is 0 Å². The maximum Gasteiger partial charge on any atom is 0.358 e. The molecule has 0 bridgehead atoms. The highest BCUT2D eigenvalue weighted by atomic mass is 16.5. The molecule has 4 heteroatoms. The fourth-order valence-electron chi connectivity index (χ4n) is 3.65. The molecule has 0 radical (unpaired) electrons. The minimum absolute atomic E-state index is 0.259. The maximum absolute atomic E-state index is 12.1. The third kappa shape index (κ3) is 9.93. The monoisotopic (exact) mass is 438 g/mol. The highest BCUT2D eigenvalue weighted by molar-refractivity contribution is 5.87. The van der Waals surface area contributed by atoms with Crippen molar-refractivity contribution < 1.29 is 9.53 Å². The minimum Gasteiger partial charge on any atom is -0.461 e. The number of hydrogen-bond acceptors (Lipinski definition) is 4. The molecule has 0 saturated carbocycles. The maximum atomic E-state index is 12.1. The van der Waals surface area contributed by atoms with Crippen molar-refractivity contribution in [3.8, 4) is 11.3 Å². The molecular weight excluding hydrogens is 396 g/mol. The Labute approximate surface area is 195 Å². The van der Waals surface area contributed by atoms with E-state index in [4.69, 9.17) is 4.74 Å². The van der Waals surface area contributed by atoms with Crippen LogP contribution in [-0.4, -0.2) is 22.5 Å². The molecule has 176 valence electrons. The normalized spacial score (nSPS) is 12.0. The third-order valence-corrected chi connectivity index (χ3v) is 6.13.